The first kappa shape index (κ1) is 25.8. The molecule has 0 bridgehead atoms. The number of aromatic nitrogens is 1. The van der Waals surface area contributed by atoms with Crippen LogP contribution in [-0.4, -0.2) is 4.57 Å². The van der Waals surface area contributed by atoms with Gasteiger partial charge in [0.25, 0.3) is 0 Å². The predicted octanol–water partition coefficient (Wildman–Crippen LogP) is 10.5. The smallest absolute Gasteiger partial charge is 0.200 e. The summed E-state index contributed by atoms with van der Waals surface area (Å²) in [5.41, 5.74) is 7.88. The van der Waals surface area contributed by atoms with Crippen LogP contribution in [0, 0.1) is 0 Å². The second-order valence-electron chi connectivity index (χ2n) is 13.8. The zero-order valence-corrected chi connectivity index (χ0v) is 25.3. The molecule has 3 aromatic heterocycles. The standard InChI is InChI=1S/C39H33NO3/c1-38(2,3)22-17-29(39(4,5)6)36-35(18-22)43-33-19-23(15-16-26(33)37(36)41)40-30-13-9-7-11-24(30)27-20-28-25-12-8-10-14-32(25)42-34(28)21-31(27)40/h7-21H,1-6H3. The van der Waals surface area contributed by atoms with Gasteiger partial charge in [0.15, 0.2) is 0 Å². The summed E-state index contributed by atoms with van der Waals surface area (Å²) in [5, 5.41) is 5.79. The van der Waals surface area contributed by atoms with Gasteiger partial charge in [-0.1, -0.05) is 84.0 Å². The minimum atomic E-state index is -0.216. The maximum atomic E-state index is 14.1. The van der Waals surface area contributed by atoms with Crippen molar-refractivity contribution in [2.45, 2.75) is 52.4 Å². The normalized spacial score (nSPS) is 13.0. The Hall–Kier alpha value is -4.83. The molecular weight excluding hydrogens is 530 g/mol. The number of rotatable bonds is 1. The second kappa shape index (κ2) is 8.61. The summed E-state index contributed by atoms with van der Waals surface area (Å²) in [5.74, 6) is 0. The van der Waals surface area contributed by atoms with Crippen molar-refractivity contribution in [1.82, 2.24) is 4.57 Å². The summed E-state index contributed by atoms with van der Waals surface area (Å²) in [6.07, 6.45) is 0. The minimum Gasteiger partial charge on any atom is -0.456 e. The number of para-hydroxylation sites is 2. The lowest BCUT2D eigenvalue weighted by Crippen LogP contribution is -2.19. The van der Waals surface area contributed by atoms with Crippen molar-refractivity contribution in [3.63, 3.8) is 0 Å². The van der Waals surface area contributed by atoms with E-state index < -0.39 is 0 Å². The van der Waals surface area contributed by atoms with Gasteiger partial charge in [-0.2, -0.15) is 0 Å². The molecule has 0 spiro atoms. The summed E-state index contributed by atoms with van der Waals surface area (Å²) >= 11 is 0. The van der Waals surface area contributed by atoms with E-state index in [1.165, 1.54) is 0 Å². The highest BCUT2D eigenvalue weighted by Gasteiger charge is 2.26. The Morgan fingerprint density at radius 1 is 0.535 bits per heavy atom. The van der Waals surface area contributed by atoms with Crippen LogP contribution in [0.3, 0.4) is 0 Å². The molecule has 4 heteroatoms. The molecule has 0 N–H and O–H groups in total. The fraction of sp³-hybridized carbons (Fsp3) is 0.205. The lowest BCUT2D eigenvalue weighted by atomic mass is 9.79. The molecule has 3 heterocycles. The molecule has 0 aliphatic rings. The average Bonchev–Trinajstić information content (AvgIpc) is 3.49. The molecule has 0 amide bonds. The molecule has 5 aromatic carbocycles. The number of benzene rings is 5. The summed E-state index contributed by atoms with van der Waals surface area (Å²) in [6, 6.07) is 31.2. The lowest BCUT2D eigenvalue weighted by Gasteiger charge is -2.26. The molecular formula is C39H33NO3. The monoisotopic (exact) mass is 563 g/mol. The highest BCUT2D eigenvalue weighted by Crippen LogP contribution is 2.39. The molecule has 8 aromatic rings. The van der Waals surface area contributed by atoms with Crippen LogP contribution >= 0.6 is 0 Å². The first-order chi connectivity index (χ1) is 20.5. The van der Waals surface area contributed by atoms with Gasteiger partial charge in [-0.3, -0.25) is 4.79 Å². The molecule has 0 saturated carbocycles. The molecule has 4 nitrogen and oxygen atoms in total. The maximum Gasteiger partial charge on any atom is 0.200 e. The van der Waals surface area contributed by atoms with E-state index in [0.29, 0.717) is 21.9 Å². The van der Waals surface area contributed by atoms with E-state index in [2.05, 4.69) is 101 Å². The lowest BCUT2D eigenvalue weighted by molar-refractivity contribution is 0.567. The van der Waals surface area contributed by atoms with Crippen molar-refractivity contribution in [2.75, 3.05) is 0 Å². The molecule has 0 aliphatic heterocycles. The quantitative estimate of drug-likeness (QED) is 0.187. The fourth-order valence-electron chi connectivity index (χ4n) is 6.60. The largest absolute Gasteiger partial charge is 0.456 e. The molecule has 43 heavy (non-hydrogen) atoms. The van der Waals surface area contributed by atoms with Crippen molar-refractivity contribution in [3.8, 4) is 5.69 Å². The van der Waals surface area contributed by atoms with E-state index in [1.54, 1.807) is 0 Å². The molecule has 0 atom stereocenters. The third kappa shape index (κ3) is 3.79. The number of furan rings is 1. The van der Waals surface area contributed by atoms with Crippen LogP contribution in [0.25, 0.3) is 71.4 Å². The summed E-state index contributed by atoms with van der Waals surface area (Å²) in [7, 11) is 0. The zero-order chi connectivity index (χ0) is 29.8. The Morgan fingerprint density at radius 3 is 2.00 bits per heavy atom. The number of hydrogen-bond donors (Lipinski definition) is 0. The van der Waals surface area contributed by atoms with E-state index in [1.807, 2.05) is 36.4 Å². The highest BCUT2D eigenvalue weighted by atomic mass is 16.3. The first-order valence-electron chi connectivity index (χ1n) is 14.9. The van der Waals surface area contributed by atoms with Gasteiger partial charge < -0.3 is 13.4 Å². The van der Waals surface area contributed by atoms with Gasteiger partial charge in [-0.05, 0) is 58.4 Å². The Bertz CT molecular complexity index is 2490. The van der Waals surface area contributed by atoms with Crippen LogP contribution in [0.5, 0.6) is 0 Å². The SMILES string of the molecule is CC(C)(C)c1cc(C(C)(C)C)c2c(=O)c3ccc(-n4c5ccccc5c5cc6c(cc54)oc4ccccc46)cc3oc2c1. The van der Waals surface area contributed by atoms with Crippen LogP contribution in [0.4, 0.5) is 0 Å². The van der Waals surface area contributed by atoms with E-state index in [9.17, 15) is 4.79 Å². The van der Waals surface area contributed by atoms with E-state index in [4.69, 9.17) is 8.83 Å². The van der Waals surface area contributed by atoms with Gasteiger partial charge in [0.05, 0.1) is 21.8 Å². The zero-order valence-electron chi connectivity index (χ0n) is 25.3. The highest BCUT2D eigenvalue weighted by molar-refractivity contribution is 6.17. The maximum absolute atomic E-state index is 14.1. The summed E-state index contributed by atoms with van der Waals surface area (Å²) in [6.45, 7) is 13.0. The first-order valence-corrected chi connectivity index (χ1v) is 14.9. The van der Waals surface area contributed by atoms with Gasteiger partial charge in [0.1, 0.15) is 22.3 Å². The van der Waals surface area contributed by atoms with Crippen LogP contribution in [-0.2, 0) is 10.8 Å². The fourth-order valence-corrected chi connectivity index (χ4v) is 6.60. The van der Waals surface area contributed by atoms with Crippen molar-refractivity contribution >= 4 is 65.7 Å². The Kier molecular flexibility index (Phi) is 5.17. The molecule has 0 aliphatic carbocycles. The van der Waals surface area contributed by atoms with Gasteiger partial charge in [0.2, 0.25) is 5.43 Å². The third-order valence-corrected chi connectivity index (χ3v) is 8.86. The van der Waals surface area contributed by atoms with Gasteiger partial charge >= 0.3 is 0 Å². The predicted molar refractivity (Wildman–Crippen MR) is 179 cm³/mol. The molecule has 0 unspecified atom stereocenters. The summed E-state index contributed by atoms with van der Waals surface area (Å²) < 4.78 is 15.2. The summed E-state index contributed by atoms with van der Waals surface area (Å²) in [4.78, 5) is 14.1. The Labute approximate surface area is 249 Å². The molecule has 212 valence electrons. The van der Waals surface area contributed by atoms with Crippen LogP contribution in [0.1, 0.15) is 52.7 Å². The van der Waals surface area contributed by atoms with E-state index >= 15 is 0 Å². The van der Waals surface area contributed by atoms with Gasteiger partial charge in [-0.25, -0.2) is 0 Å². The van der Waals surface area contributed by atoms with Crippen molar-refractivity contribution in [2.24, 2.45) is 0 Å². The topological polar surface area (TPSA) is 48.3 Å². The van der Waals surface area contributed by atoms with Crippen LogP contribution in [0.2, 0.25) is 0 Å². The molecule has 8 rings (SSSR count). The van der Waals surface area contributed by atoms with Crippen molar-refractivity contribution in [3.05, 3.63) is 112 Å². The number of fused-ring (bicyclic) bond motifs is 8. The van der Waals surface area contributed by atoms with Crippen molar-refractivity contribution in [1.29, 1.82) is 0 Å². The average molecular weight is 564 g/mol. The molecule has 0 fully saturated rings. The van der Waals surface area contributed by atoms with Crippen LogP contribution in [0.15, 0.2) is 105 Å². The second-order valence-corrected chi connectivity index (χ2v) is 13.8. The number of nitrogens with zero attached hydrogens (tertiary/aromatic N) is 1. The molecule has 0 radical (unpaired) electrons. The van der Waals surface area contributed by atoms with Crippen molar-refractivity contribution < 1.29 is 8.83 Å². The third-order valence-electron chi connectivity index (χ3n) is 8.86. The number of hydrogen-bond acceptors (Lipinski definition) is 3. The van der Waals surface area contributed by atoms with E-state index in [0.717, 1.165) is 60.6 Å². The molecule has 0 saturated heterocycles. The Balaban J connectivity index is 1.44. The van der Waals surface area contributed by atoms with E-state index in [-0.39, 0.29) is 16.3 Å². The Morgan fingerprint density at radius 2 is 1.23 bits per heavy atom. The van der Waals surface area contributed by atoms with Crippen LogP contribution < -0.4 is 5.43 Å². The van der Waals surface area contributed by atoms with Gasteiger partial charge in [-0.15, -0.1) is 0 Å². The minimum absolute atomic E-state index is 0.0133. The van der Waals surface area contributed by atoms with Gasteiger partial charge in [0, 0.05) is 39.4 Å².